The number of halogens is 1. The Labute approximate surface area is 177 Å². The lowest BCUT2D eigenvalue weighted by Crippen LogP contribution is -2.38. The fourth-order valence-electron chi connectivity index (χ4n) is 3.39. The lowest BCUT2D eigenvalue weighted by Gasteiger charge is -2.32. The number of likely N-dealkylation sites (tertiary alicyclic amines) is 1. The van der Waals surface area contributed by atoms with Gasteiger partial charge in [0.25, 0.3) is 0 Å². The van der Waals surface area contributed by atoms with Gasteiger partial charge < -0.3 is 10.1 Å². The number of esters is 1. The molecule has 0 atom stereocenters. The molecule has 5 nitrogen and oxygen atoms in total. The van der Waals surface area contributed by atoms with Gasteiger partial charge in [0.05, 0.1) is 11.6 Å². The molecule has 1 aliphatic heterocycles. The van der Waals surface area contributed by atoms with E-state index in [1.807, 2.05) is 0 Å². The molecular formula is C23H28ClN3O2. The second-order valence-corrected chi connectivity index (χ2v) is 7.77. The SMILES string of the molecule is CCOC(=O)C=Cc1cnc(NC2CCN(Cc3ccc(C)cc3)CC2)c(Cl)c1. The molecule has 3 rings (SSSR count). The number of carbonyl (C=O) groups is 1. The van der Waals surface area contributed by atoms with Gasteiger partial charge in [-0.3, -0.25) is 4.90 Å². The van der Waals surface area contributed by atoms with Crippen LogP contribution >= 0.6 is 11.6 Å². The number of anilines is 1. The molecule has 2 heterocycles. The summed E-state index contributed by atoms with van der Waals surface area (Å²) in [5.74, 6) is 0.320. The van der Waals surface area contributed by atoms with Gasteiger partial charge in [0.1, 0.15) is 5.82 Å². The van der Waals surface area contributed by atoms with Crippen molar-refractivity contribution in [3.8, 4) is 0 Å². The number of nitrogens with zero attached hydrogens (tertiary/aromatic N) is 2. The predicted molar refractivity (Wildman–Crippen MR) is 118 cm³/mol. The van der Waals surface area contributed by atoms with Crippen LogP contribution < -0.4 is 5.32 Å². The minimum atomic E-state index is -0.372. The molecule has 1 aliphatic rings. The molecule has 0 spiro atoms. The average Bonchev–Trinajstić information content (AvgIpc) is 2.71. The number of aromatic nitrogens is 1. The van der Waals surface area contributed by atoms with Gasteiger partial charge in [-0.2, -0.15) is 0 Å². The molecule has 1 N–H and O–H groups in total. The fourth-order valence-corrected chi connectivity index (χ4v) is 3.61. The summed E-state index contributed by atoms with van der Waals surface area (Å²) in [4.78, 5) is 18.3. The van der Waals surface area contributed by atoms with Crippen LogP contribution in [0.3, 0.4) is 0 Å². The number of carbonyl (C=O) groups excluding carboxylic acids is 1. The Morgan fingerprint density at radius 3 is 2.69 bits per heavy atom. The third kappa shape index (κ3) is 6.58. The molecule has 1 fully saturated rings. The third-order valence-corrected chi connectivity index (χ3v) is 5.30. The number of hydrogen-bond donors (Lipinski definition) is 1. The summed E-state index contributed by atoms with van der Waals surface area (Å²) in [6.45, 7) is 7.33. The summed E-state index contributed by atoms with van der Waals surface area (Å²) in [5, 5.41) is 4.02. The van der Waals surface area contributed by atoms with Crippen molar-refractivity contribution in [2.24, 2.45) is 0 Å². The first kappa shape index (κ1) is 21.3. The van der Waals surface area contributed by atoms with Gasteiger partial charge in [-0.1, -0.05) is 41.4 Å². The topological polar surface area (TPSA) is 54.5 Å². The molecule has 0 saturated carbocycles. The highest BCUT2D eigenvalue weighted by Gasteiger charge is 2.20. The van der Waals surface area contributed by atoms with E-state index in [-0.39, 0.29) is 5.97 Å². The molecule has 0 bridgehead atoms. The first-order valence-electron chi connectivity index (χ1n) is 10.1. The summed E-state index contributed by atoms with van der Waals surface area (Å²) < 4.78 is 4.87. The third-order valence-electron chi connectivity index (χ3n) is 5.02. The van der Waals surface area contributed by atoms with E-state index in [1.165, 1.54) is 17.2 Å². The summed E-state index contributed by atoms with van der Waals surface area (Å²) in [7, 11) is 0. The van der Waals surface area contributed by atoms with Crippen molar-refractivity contribution in [3.05, 3.63) is 64.3 Å². The molecule has 0 radical (unpaired) electrons. The predicted octanol–water partition coefficient (Wildman–Crippen LogP) is 4.70. The van der Waals surface area contributed by atoms with Gasteiger partial charge in [0.2, 0.25) is 0 Å². The largest absolute Gasteiger partial charge is 0.463 e. The lowest BCUT2D eigenvalue weighted by atomic mass is 10.0. The first-order chi connectivity index (χ1) is 14.0. The van der Waals surface area contributed by atoms with E-state index in [4.69, 9.17) is 16.3 Å². The van der Waals surface area contributed by atoms with Crippen molar-refractivity contribution in [2.75, 3.05) is 25.0 Å². The average molecular weight is 414 g/mol. The standard InChI is InChI=1S/C23H28ClN3O2/c1-3-29-22(28)9-8-19-14-21(24)23(25-15-19)26-20-10-12-27(13-11-20)16-18-6-4-17(2)5-7-18/h4-9,14-15,20H,3,10-13,16H2,1-2H3,(H,25,26). The van der Waals surface area contributed by atoms with E-state index >= 15 is 0 Å². The second kappa shape index (κ2) is 10.4. The van der Waals surface area contributed by atoms with E-state index in [9.17, 15) is 4.79 Å². The first-order valence-corrected chi connectivity index (χ1v) is 10.5. The highest BCUT2D eigenvalue weighted by atomic mass is 35.5. The molecule has 1 aromatic carbocycles. The number of pyridine rings is 1. The Kier molecular flexibility index (Phi) is 7.67. The molecule has 1 aromatic heterocycles. The molecule has 0 unspecified atom stereocenters. The summed E-state index contributed by atoms with van der Waals surface area (Å²) in [6, 6.07) is 10.9. The number of rotatable bonds is 7. The van der Waals surface area contributed by atoms with Crippen molar-refractivity contribution >= 4 is 29.5 Å². The van der Waals surface area contributed by atoms with Gasteiger partial charge in [-0.15, -0.1) is 0 Å². The molecule has 1 saturated heterocycles. The van der Waals surface area contributed by atoms with Crippen LogP contribution in [0, 0.1) is 6.92 Å². The summed E-state index contributed by atoms with van der Waals surface area (Å²) in [5.41, 5.74) is 3.42. The number of nitrogens with one attached hydrogen (secondary N) is 1. The molecule has 0 aliphatic carbocycles. The molecule has 6 heteroatoms. The Hall–Kier alpha value is -2.37. The van der Waals surface area contributed by atoms with Crippen molar-refractivity contribution in [1.29, 1.82) is 0 Å². The van der Waals surface area contributed by atoms with E-state index in [0.29, 0.717) is 23.5 Å². The van der Waals surface area contributed by atoms with Gasteiger partial charge in [-0.05, 0) is 50.0 Å². The summed E-state index contributed by atoms with van der Waals surface area (Å²) in [6.07, 6.45) is 6.84. The van der Waals surface area contributed by atoms with Gasteiger partial charge in [-0.25, -0.2) is 9.78 Å². The number of piperidine rings is 1. The van der Waals surface area contributed by atoms with E-state index in [2.05, 4.69) is 46.4 Å². The number of aryl methyl sites for hydroxylation is 1. The summed E-state index contributed by atoms with van der Waals surface area (Å²) >= 11 is 6.39. The molecule has 0 amide bonds. The normalized spacial score (nSPS) is 15.6. The highest BCUT2D eigenvalue weighted by Crippen LogP contribution is 2.24. The minimum absolute atomic E-state index is 0.356. The highest BCUT2D eigenvalue weighted by molar-refractivity contribution is 6.33. The Bertz CT molecular complexity index is 844. The fraction of sp³-hybridized carbons (Fsp3) is 0.391. The van der Waals surface area contributed by atoms with Gasteiger partial charge in [0, 0.05) is 37.9 Å². The van der Waals surface area contributed by atoms with Crippen LogP contribution in [0.15, 0.2) is 42.6 Å². The van der Waals surface area contributed by atoms with Crippen LogP contribution in [-0.2, 0) is 16.1 Å². The minimum Gasteiger partial charge on any atom is -0.463 e. The van der Waals surface area contributed by atoms with Crippen molar-refractivity contribution in [1.82, 2.24) is 9.88 Å². The Morgan fingerprint density at radius 2 is 2.03 bits per heavy atom. The second-order valence-electron chi connectivity index (χ2n) is 7.36. The molecule has 154 valence electrons. The van der Waals surface area contributed by atoms with Crippen LogP contribution in [0.4, 0.5) is 5.82 Å². The van der Waals surface area contributed by atoms with Crippen LogP contribution in [-0.4, -0.2) is 41.6 Å². The maximum absolute atomic E-state index is 11.4. The van der Waals surface area contributed by atoms with Gasteiger partial charge in [0.15, 0.2) is 0 Å². The molecule has 2 aromatic rings. The zero-order valence-corrected chi connectivity index (χ0v) is 17.8. The van der Waals surface area contributed by atoms with Crippen molar-refractivity contribution < 1.29 is 9.53 Å². The van der Waals surface area contributed by atoms with Gasteiger partial charge >= 0.3 is 5.97 Å². The van der Waals surface area contributed by atoms with E-state index in [0.717, 1.165) is 38.0 Å². The van der Waals surface area contributed by atoms with Crippen molar-refractivity contribution in [3.63, 3.8) is 0 Å². The van der Waals surface area contributed by atoms with Crippen LogP contribution in [0.25, 0.3) is 6.08 Å². The number of hydrogen-bond acceptors (Lipinski definition) is 5. The molecular weight excluding hydrogens is 386 g/mol. The Morgan fingerprint density at radius 1 is 1.31 bits per heavy atom. The quantitative estimate of drug-likeness (QED) is 0.526. The maximum Gasteiger partial charge on any atom is 0.330 e. The van der Waals surface area contributed by atoms with Crippen LogP contribution in [0.1, 0.15) is 36.5 Å². The van der Waals surface area contributed by atoms with Crippen molar-refractivity contribution in [2.45, 2.75) is 39.3 Å². The smallest absolute Gasteiger partial charge is 0.330 e. The maximum atomic E-state index is 11.4. The zero-order valence-electron chi connectivity index (χ0n) is 17.0. The monoisotopic (exact) mass is 413 g/mol. The lowest BCUT2D eigenvalue weighted by molar-refractivity contribution is -0.137. The number of benzene rings is 1. The number of ether oxygens (including phenoxy) is 1. The van der Waals surface area contributed by atoms with E-state index < -0.39 is 0 Å². The van der Waals surface area contributed by atoms with Crippen LogP contribution in [0.5, 0.6) is 0 Å². The Balaban J connectivity index is 1.49. The van der Waals surface area contributed by atoms with Crippen LogP contribution in [0.2, 0.25) is 5.02 Å². The zero-order chi connectivity index (χ0) is 20.6. The van der Waals surface area contributed by atoms with E-state index in [1.54, 1.807) is 25.3 Å². The molecule has 29 heavy (non-hydrogen) atoms.